The summed E-state index contributed by atoms with van der Waals surface area (Å²) in [4.78, 5) is 17.7. The fraction of sp³-hybridized carbons (Fsp3) is 0.294. The number of nitrogens with zero attached hydrogens (tertiary/aromatic N) is 4. The first-order valence-corrected chi connectivity index (χ1v) is 11.6. The van der Waals surface area contributed by atoms with Gasteiger partial charge in [0.2, 0.25) is 5.85 Å². The Bertz CT molecular complexity index is 1080. The summed E-state index contributed by atoms with van der Waals surface area (Å²) in [6.45, 7) is 2.01. The summed E-state index contributed by atoms with van der Waals surface area (Å²) in [6.07, 6.45) is 1.62. The average Bonchev–Trinajstić information content (AvgIpc) is 3.32. The number of esters is 1. The molecule has 30 heavy (non-hydrogen) atoms. The molecule has 0 amide bonds. The van der Waals surface area contributed by atoms with E-state index in [9.17, 15) is 9.36 Å². The Morgan fingerprint density at radius 3 is 2.47 bits per heavy atom. The predicted molar refractivity (Wildman–Crippen MR) is 112 cm³/mol. The molecule has 0 aliphatic heterocycles. The number of hydrogen-bond acceptors (Lipinski definition) is 9. The fourth-order valence-corrected chi connectivity index (χ4v) is 4.95. The SMILES string of the molecule is COP(=O)(OC)C(OC(=O)c1nnn(Cc2cnc(Cl)s2)c1C)c1ccc(Cl)cc1. The Labute approximate surface area is 186 Å². The molecule has 0 N–H and O–H groups in total. The maximum absolute atomic E-state index is 13.0. The minimum Gasteiger partial charge on any atom is -0.440 e. The van der Waals surface area contributed by atoms with Gasteiger partial charge in [-0.2, -0.15) is 0 Å². The van der Waals surface area contributed by atoms with Gasteiger partial charge in [-0.1, -0.05) is 40.5 Å². The smallest absolute Gasteiger partial charge is 0.375 e. The minimum atomic E-state index is -3.83. The molecule has 1 atom stereocenters. The molecular weight excluding hydrogens is 474 g/mol. The molecule has 0 saturated carbocycles. The summed E-state index contributed by atoms with van der Waals surface area (Å²) in [5.41, 5.74) is 0.830. The molecule has 13 heteroatoms. The van der Waals surface area contributed by atoms with Crippen molar-refractivity contribution in [3.05, 3.63) is 61.8 Å². The van der Waals surface area contributed by atoms with Gasteiger partial charge in [-0.3, -0.25) is 4.57 Å². The molecule has 0 fully saturated rings. The van der Waals surface area contributed by atoms with Crippen LogP contribution in [0.3, 0.4) is 0 Å². The number of carbonyl (C=O) groups excluding carboxylic acids is 1. The molecule has 2 heterocycles. The molecule has 1 unspecified atom stereocenters. The van der Waals surface area contributed by atoms with E-state index < -0.39 is 19.4 Å². The van der Waals surface area contributed by atoms with E-state index in [1.807, 2.05) is 0 Å². The lowest BCUT2D eigenvalue weighted by atomic mass is 10.2. The van der Waals surface area contributed by atoms with Crippen molar-refractivity contribution in [1.29, 1.82) is 0 Å². The van der Waals surface area contributed by atoms with Crippen molar-refractivity contribution < 1.29 is 23.1 Å². The second-order valence-electron chi connectivity index (χ2n) is 5.97. The summed E-state index contributed by atoms with van der Waals surface area (Å²) in [5, 5.41) is 8.37. The fourth-order valence-electron chi connectivity index (χ4n) is 2.57. The second-order valence-corrected chi connectivity index (χ2v) is 10.4. The second kappa shape index (κ2) is 9.55. The minimum absolute atomic E-state index is 0.0247. The number of ether oxygens (including phenoxy) is 1. The third-order valence-corrected chi connectivity index (χ3v) is 7.52. The Morgan fingerprint density at radius 2 is 1.90 bits per heavy atom. The van der Waals surface area contributed by atoms with E-state index in [0.29, 0.717) is 27.3 Å². The summed E-state index contributed by atoms with van der Waals surface area (Å²) >= 11 is 13.1. The van der Waals surface area contributed by atoms with Gasteiger partial charge in [0, 0.05) is 35.9 Å². The van der Waals surface area contributed by atoms with E-state index in [-0.39, 0.29) is 5.69 Å². The Morgan fingerprint density at radius 1 is 1.23 bits per heavy atom. The van der Waals surface area contributed by atoms with Crippen molar-refractivity contribution in [3.63, 3.8) is 0 Å². The topological polar surface area (TPSA) is 105 Å². The molecule has 0 spiro atoms. The van der Waals surface area contributed by atoms with Crippen LogP contribution in [0.2, 0.25) is 9.49 Å². The lowest BCUT2D eigenvalue weighted by molar-refractivity contribution is 0.0373. The first-order valence-electron chi connectivity index (χ1n) is 8.45. The molecule has 2 aromatic heterocycles. The van der Waals surface area contributed by atoms with Crippen molar-refractivity contribution in [2.75, 3.05) is 14.2 Å². The molecule has 160 valence electrons. The van der Waals surface area contributed by atoms with Crippen LogP contribution >= 0.6 is 42.1 Å². The molecule has 3 rings (SSSR count). The van der Waals surface area contributed by atoms with Crippen molar-refractivity contribution >= 4 is 48.1 Å². The van der Waals surface area contributed by atoms with Crippen LogP contribution in [-0.4, -0.2) is 40.2 Å². The van der Waals surface area contributed by atoms with Crippen LogP contribution in [0.25, 0.3) is 0 Å². The van der Waals surface area contributed by atoms with Gasteiger partial charge in [0.1, 0.15) is 0 Å². The van der Waals surface area contributed by atoms with Crippen molar-refractivity contribution in [3.8, 4) is 0 Å². The number of thiazole rings is 1. The highest BCUT2D eigenvalue weighted by Crippen LogP contribution is 2.60. The molecular formula is C17H17Cl2N4O5PS. The molecule has 1 aromatic carbocycles. The van der Waals surface area contributed by atoms with Crippen LogP contribution in [-0.2, 0) is 24.9 Å². The number of carbonyl (C=O) groups is 1. The van der Waals surface area contributed by atoms with Crippen molar-refractivity contribution in [2.24, 2.45) is 0 Å². The number of halogens is 2. The van der Waals surface area contributed by atoms with Gasteiger partial charge in [-0.25, -0.2) is 14.5 Å². The highest BCUT2D eigenvalue weighted by Gasteiger charge is 2.40. The van der Waals surface area contributed by atoms with Crippen LogP contribution in [0.5, 0.6) is 0 Å². The summed E-state index contributed by atoms with van der Waals surface area (Å²) in [5.74, 6) is -2.14. The monoisotopic (exact) mass is 490 g/mol. The van der Waals surface area contributed by atoms with Crippen molar-refractivity contribution in [2.45, 2.75) is 19.3 Å². The van der Waals surface area contributed by atoms with Gasteiger partial charge >= 0.3 is 13.6 Å². The Hall–Kier alpha value is -1.81. The largest absolute Gasteiger partial charge is 0.440 e. The summed E-state index contributed by atoms with van der Waals surface area (Å²) < 4.78 is 30.6. The molecule has 3 aromatic rings. The molecule has 0 aliphatic rings. The van der Waals surface area contributed by atoms with Crippen LogP contribution in [0.1, 0.15) is 32.5 Å². The average molecular weight is 491 g/mol. The highest BCUT2D eigenvalue weighted by molar-refractivity contribution is 7.54. The van der Waals surface area contributed by atoms with Crippen molar-refractivity contribution in [1.82, 2.24) is 20.0 Å². The van der Waals surface area contributed by atoms with Gasteiger partial charge in [-0.15, -0.1) is 16.4 Å². The lowest BCUT2D eigenvalue weighted by Gasteiger charge is -2.24. The zero-order chi connectivity index (χ0) is 21.9. The summed E-state index contributed by atoms with van der Waals surface area (Å²) in [6, 6.07) is 6.30. The van der Waals surface area contributed by atoms with Gasteiger partial charge in [-0.05, 0) is 19.1 Å². The molecule has 0 aliphatic carbocycles. The normalized spacial score (nSPS) is 12.7. The summed E-state index contributed by atoms with van der Waals surface area (Å²) in [7, 11) is -1.40. The third-order valence-electron chi connectivity index (χ3n) is 4.18. The van der Waals surface area contributed by atoms with Gasteiger partial charge < -0.3 is 13.8 Å². The zero-order valence-corrected chi connectivity index (χ0v) is 19.3. The lowest BCUT2D eigenvalue weighted by Crippen LogP contribution is -2.15. The highest BCUT2D eigenvalue weighted by atomic mass is 35.5. The maximum Gasteiger partial charge on any atom is 0.375 e. The standard InChI is InChI=1S/C17H17Cl2N4O5PS/c1-10-14(21-22-23(10)9-13-8-20-17(19)30-13)15(24)28-16(29(25,26-2)27-3)11-4-6-12(18)7-5-11/h4-8,16H,9H2,1-3H3. The van der Waals surface area contributed by atoms with Crippen LogP contribution in [0, 0.1) is 6.92 Å². The molecule has 0 bridgehead atoms. The first kappa shape index (κ1) is 22.9. The van der Waals surface area contributed by atoms with Crippen LogP contribution < -0.4 is 0 Å². The number of aromatic nitrogens is 4. The molecule has 0 saturated heterocycles. The maximum atomic E-state index is 13.0. The van der Waals surface area contributed by atoms with Gasteiger partial charge in [0.15, 0.2) is 10.2 Å². The number of benzene rings is 1. The van der Waals surface area contributed by atoms with E-state index in [2.05, 4.69) is 15.3 Å². The van der Waals surface area contributed by atoms with E-state index >= 15 is 0 Å². The number of rotatable bonds is 8. The third kappa shape index (κ3) is 4.91. The van der Waals surface area contributed by atoms with E-state index in [0.717, 1.165) is 4.88 Å². The molecule has 9 nitrogen and oxygen atoms in total. The van der Waals surface area contributed by atoms with E-state index in [1.165, 1.54) is 30.2 Å². The van der Waals surface area contributed by atoms with Crippen LogP contribution in [0.15, 0.2) is 30.5 Å². The molecule has 0 radical (unpaired) electrons. The Balaban J connectivity index is 1.87. The quantitative estimate of drug-likeness (QED) is 0.329. The van der Waals surface area contributed by atoms with E-state index in [4.69, 9.17) is 37.0 Å². The van der Waals surface area contributed by atoms with Gasteiger partial charge in [0.25, 0.3) is 0 Å². The van der Waals surface area contributed by atoms with E-state index in [1.54, 1.807) is 37.4 Å². The predicted octanol–water partition coefficient (Wildman–Crippen LogP) is 4.74. The van der Waals surface area contributed by atoms with Gasteiger partial charge in [0.05, 0.1) is 12.2 Å². The first-order chi connectivity index (χ1) is 14.3. The zero-order valence-electron chi connectivity index (χ0n) is 16.1. The Kier molecular flexibility index (Phi) is 7.28. The number of hydrogen-bond donors (Lipinski definition) is 0. The van der Waals surface area contributed by atoms with Crippen LogP contribution in [0.4, 0.5) is 0 Å².